The Bertz CT molecular complexity index is 1100. The van der Waals surface area contributed by atoms with Crippen LogP contribution < -0.4 is 20.3 Å². The summed E-state index contributed by atoms with van der Waals surface area (Å²) in [5, 5.41) is 2.00. The van der Waals surface area contributed by atoms with Crippen molar-refractivity contribution in [1.29, 1.82) is 0 Å². The minimum atomic E-state index is -0.489. The highest BCUT2D eigenvalue weighted by atomic mass is 79.9. The van der Waals surface area contributed by atoms with Crippen molar-refractivity contribution in [3.8, 4) is 11.5 Å². The number of hydrogen-bond acceptors (Lipinski definition) is 4. The molecule has 0 aliphatic rings. The van der Waals surface area contributed by atoms with Crippen LogP contribution in [0.3, 0.4) is 0 Å². The van der Waals surface area contributed by atoms with Gasteiger partial charge in [-0.25, -0.2) is 0 Å². The number of carbonyl (C=O) groups excluding carboxylic acids is 2. The summed E-state index contributed by atoms with van der Waals surface area (Å²) in [6, 6.07) is 16.5. The van der Waals surface area contributed by atoms with E-state index in [1.54, 1.807) is 30.3 Å². The van der Waals surface area contributed by atoms with Crippen molar-refractivity contribution >= 4 is 54.4 Å². The third-order valence-corrected chi connectivity index (χ3v) is 5.57. The minimum absolute atomic E-state index is 0.258. The minimum Gasteiger partial charge on any atom is -0.492 e. The normalized spacial score (nSPS) is 10.7. The molecule has 2 amide bonds. The number of carbonyl (C=O) groups is 2. The fraction of sp³-hybridized carbons (Fsp3) is 0.217. The second-order valence-electron chi connectivity index (χ2n) is 7.24. The number of para-hydroxylation sites is 1. The fourth-order valence-corrected chi connectivity index (χ4v) is 3.75. The van der Waals surface area contributed by atoms with Gasteiger partial charge >= 0.3 is 0 Å². The second kappa shape index (κ2) is 10.6. The van der Waals surface area contributed by atoms with Crippen LogP contribution in [0.25, 0.3) is 10.8 Å². The number of hydrogen-bond donors (Lipinski definition) is 2. The smallest absolute Gasteiger partial charge is 0.276 e. The SMILES string of the molecule is CC(C)COc1ccccc1C(=O)NNC(=O)COc1ccc2cc(Br)ccc2c1Br. The van der Waals surface area contributed by atoms with Crippen LogP contribution in [0.1, 0.15) is 24.2 Å². The average molecular weight is 550 g/mol. The molecule has 0 spiro atoms. The average Bonchev–Trinajstić information content (AvgIpc) is 2.75. The zero-order valence-electron chi connectivity index (χ0n) is 17.1. The van der Waals surface area contributed by atoms with Crippen LogP contribution in [0.15, 0.2) is 63.5 Å². The Labute approximate surface area is 197 Å². The number of hydrazine groups is 1. The summed E-state index contributed by atoms with van der Waals surface area (Å²) >= 11 is 6.97. The van der Waals surface area contributed by atoms with Crippen LogP contribution in [-0.4, -0.2) is 25.0 Å². The highest BCUT2D eigenvalue weighted by Crippen LogP contribution is 2.34. The molecule has 0 unspecified atom stereocenters. The zero-order valence-corrected chi connectivity index (χ0v) is 20.2. The predicted octanol–water partition coefficient (Wildman–Crippen LogP) is 5.24. The van der Waals surface area contributed by atoms with Gasteiger partial charge in [-0.1, -0.05) is 54.0 Å². The van der Waals surface area contributed by atoms with Crippen molar-refractivity contribution in [2.24, 2.45) is 5.92 Å². The Morgan fingerprint density at radius 2 is 1.71 bits per heavy atom. The van der Waals surface area contributed by atoms with Crippen LogP contribution in [-0.2, 0) is 4.79 Å². The van der Waals surface area contributed by atoms with Gasteiger partial charge in [0.1, 0.15) is 11.5 Å². The van der Waals surface area contributed by atoms with Crippen molar-refractivity contribution in [2.75, 3.05) is 13.2 Å². The summed E-state index contributed by atoms with van der Waals surface area (Å²) in [5.74, 6) is 0.362. The standard InChI is InChI=1S/C23H22Br2N2O4/c1-14(2)12-30-19-6-4-3-5-18(19)23(29)27-26-21(28)13-31-20-10-7-15-11-16(24)8-9-17(15)22(20)25/h3-11,14H,12-13H2,1-2H3,(H,26,28)(H,27,29). The van der Waals surface area contributed by atoms with E-state index in [9.17, 15) is 9.59 Å². The van der Waals surface area contributed by atoms with E-state index in [0.717, 1.165) is 19.7 Å². The molecule has 0 saturated carbocycles. The lowest BCUT2D eigenvalue weighted by atomic mass is 10.1. The van der Waals surface area contributed by atoms with Gasteiger partial charge < -0.3 is 9.47 Å². The lowest BCUT2D eigenvalue weighted by molar-refractivity contribution is -0.123. The molecule has 8 heteroatoms. The molecule has 0 aromatic heterocycles. The molecule has 2 N–H and O–H groups in total. The van der Waals surface area contributed by atoms with Gasteiger partial charge in [0, 0.05) is 4.47 Å². The summed E-state index contributed by atoms with van der Waals surface area (Å²) < 4.78 is 13.0. The van der Waals surface area contributed by atoms with Crippen LogP contribution in [0, 0.1) is 5.92 Å². The van der Waals surface area contributed by atoms with Crippen molar-refractivity contribution in [3.63, 3.8) is 0 Å². The van der Waals surface area contributed by atoms with E-state index in [-0.39, 0.29) is 6.61 Å². The van der Waals surface area contributed by atoms with E-state index in [1.165, 1.54) is 0 Å². The fourth-order valence-electron chi connectivity index (χ4n) is 2.76. The molecule has 0 atom stereocenters. The van der Waals surface area contributed by atoms with Gasteiger partial charge in [-0.05, 0) is 63.0 Å². The molecule has 0 saturated heterocycles. The van der Waals surface area contributed by atoms with Crippen molar-refractivity contribution in [2.45, 2.75) is 13.8 Å². The van der Waals surface area contributed by atoms with Gasteiger partial charge in [0.15, 0.2) is 6.61 Å². The van der Waals surface area contributed by atoms with Gasteiger partial charge in [0.25, 0.3) is 11.8 Å². The quantitative estimate of drug-likeness (QED) is 0.395. The third-order valence-electron chi connectivity index (χ3n) is 4.26. The Balaban J connectivity index is 1.56. The monoisotopic (exact) mass is 548 g/mol. The molecular weight excluding hydrogens is 528 g/mol. The van der Waals surface area contributed by atoms with E-state index in [2.05, 4.69) is 42.7 Å². The van der Waals surface area contributed by atoms with Gasteiger partial charge in [0.05, 0.1) is 16.6 Å². The van der Waals surface area contributed by atoms with Crippen LogP contribution >= 0.6 is 31.9 Å². The lowest BCUT2D eigenvalue weighted by Gasteiger charge is -2.14. The summed E-state index contributed by atoms with van der Waals surface area (Å²) in [6.45, 7) is 4.28. The van der Waals surface area contributed by atoms with Gasteiger partial charge in [-0.3, -0.25) is 20.4 Å². The summed E-state index contributed by atoms with van der Waals surface area (Å²) in [7, 11) is 0. The van der Waals surface area contributed by atoms with Gasteiger partial charge in [-0.2, -0.15) is 0 Å². The molecule has 6 nitrogen and oxygen atoms in total. The number of nitrogens with one attached hydrogen (secondary N) is 2. The van der Waals surface area contributed by atoms with Crippen LogP contribution in [0.5, 0.6) is 11.5 Å². The maximum absolute atomic E-state index is 12.5. The highest BCUT2D eigenvalue weighted by molar-refractivity contribution is 9.11. The van der Waals surface area contributed by atoms with E-state index < -0.39 is 11.8 Å². The molecule has 3 aromatic rings. The van der Waals surface area contributed by atoms with Crippen LogP contribution in [0.4, 0.5) is 0 Å². The molecule has 0 aliphatic carbocycles. The number of rotatable bonds is 7. The highest BCUT2D eigenvalue weighted by Gasteiger charge is 2.14. The second-order valence-corrected chi connectivity index (χ2v) is 8.94. The number of fused-ring (bicyclic) bond motifs is 1. The molecular formula is C23H22Br2N2O4. The lowest BCUT2D eigenvalue weighted by Crippen LogP contribution is -2.44. The largest absolute Gasteiger partial charge is 0.492 e. The van der Waals surface area contributed by atoms with Crippen molar-refractivity contribution < 1.29 is 19.1 Å². The van der Waals surface area contributed by atoms with Crippen LogP contribution in [0.2, 0.25) is 0 Å². The summed E-state index contributed by atoms with van der Waals surface area (Å²) in [6.07, 6.45) is 0. The first kappa shape index (κ1) is 23.1. The van der Waals surface area contributed by atoms with E-state index in [1.807, 2.05) is 38.1 Å². The molecule has 0 fully saturated rings. The number of amides is 2. The predicted molar refractivity (Wildman–Crippen MR) is 127 cm³/mol. The molecule has 3 rings (SSSR count). The summed E-state index contributed by atoms with van der Waals surface area (Å²) in [4.78, 5) is 24.6. The maximum atomic E-state index is 12.5. The van der Waals surface area contributed by atoms with E-state index in [4.69, 9.17) is 9.47 Å². The Kier molecular flexibility index (Phi) is 7.92. The first-order valence-corrected chi connectivity index (χ1v) is 11.3. The van der Waals surface area contributed by atoms with Gasteiger partial charge in [-0.15, -0.1) is 0 Å². The Morgan fingerprint density at radius 3 is 2.48 bits per heavy atom. The first-order valence-electron chi connectivity index (χ1n) is 9.66. The van der Waals surface area contributed by atoms with E-state index in [0.29, 0.717) is 29.6 Å². The van der Waals surface area contributed by atoms with Crippen molar-refractivity contribution in [1.82, 2.24) is 10.9 Å². The Morgan fingerprint density at radius 1 is 0.935 bits per heavy atom. The Hall–Kier alpha value is -2.58. The van der Waals surface area contributed by atoms with E-state index >= 15 is 0 Å². The first-order chi connectivity index (χ1) is 14.8. The number of ether oxygens (including phenoxy) is 2. The maximum Gasteiger partial charge on any atom is 0.276 e. The molecule has 0 heterocycles. The van der Waals surface area contributed by atoms with Crippen molar-refractivity contribution in [3.05, 3.63) is 69.1 Å². The molecule has 162 valence electrons. The number of halogens is 2. The molecule has 31 heavy (non-hydrogen) atoms. The zero-order chi connectivity index (χ0) is 22.4. The molecule has 0 radical (unpaired) electrons. The molecule has 3 aromatic carbocycles. The molecule has 0 aliphatic heterocycles. The topological polar surface area (TPSA) is 76.7 Å². The molecule has 0 bridgehead atoms. The van der Waals surface area contributed by atoms with Gasteiger partial charge in [0.2, 0.25) is 0 Å². The third kappa shape index (κ3) is 6.21. The summed E-state index contributed by atoms with van der Waals surface area (Å²) in [5.41, 5.74) is 5.11. The number of benzene rings is 3.